The van der Waals surface area contributed by atoms with Crippen LogP contribution in [0.4, 0.5) is 0 Å². The van der Waals surface area contributed by atoms with Crippen molar-refractivity contribution in [3.05, 3.63) is 144 Å². The van der Waals surface area contributed by atoms with Crippen LogP contribution in [0.5, 0.6) is 0 Å². The van der Waals surface area contributed by atoms with Gasteiger partial charge >= 0.3 is 199 Å². The van der Waals surface area contributed by atoms with Gasteiger partial charge in [0.1, 0.15) is 0 Å². The van der Waals surface area contributed by atoms with Crippen LogP contribution >= 0.6 is 0 Å². The Labute approximate surface area is 198 Å². The van der Waals surface area contributed by atoms with Crippen LogP contribution in [-0.2, 0) is 20.4 Å². The molecule has 2 unspecified atom stereocenters. The number of fused-ring (bicyclic) bond motifs is 2. The van der Waals surface area contributed by atoms with E-state index in [0.717, 1.165) is 0 Å². The SMILES string of the molecule is C1=C[CH]([Zr]([CH]2C=Cc3ccccc32)=[Si](c2ccccc2)c2ccccc2)c2ccccc21. The molecular weight excluding hydrogens is 480 g/mol. The van der Waals surface area contributed by atoms with Gasteiger partial charge in [0.2, 0.25) is 0 Å². The summed E-state index contributed by atoms with van der Waals surface area (Å²) in [5.74, 6) is 0. The molecule has 152 valence electrons. The number of hydrogen-bond acceptors (Lipinski definition) is 0. The van der Waals surface area contributed by atoms with Gasteiger partial charge in [0.25, 0.3) is 0 Å². The van der Waals surface area contributed by atoms with Gasteiger partial charge in [-0.25, -0.2) is 0 Å². The third kappa shape index (κ3) is 3.56. The van der Waals surface area contributed by atoms with E-state index >= 15 is 0 Å². The first-order chi connectivity index (χ1) is 15.9. The molecule has 0 bridgehead atoms. The van der Waals surface area contributed by atoms with Gasteiger partial charge in [0, 0.05) is 0 Å². The topological polar surface area (TPSA) is 0 Å². The van der Waals surface area contributed by atoms with Crippen molar-refractivity contribution in [3.63, 3.8) is 0 Å². The van der Waals surface area contributed by atoms with Crippen LogP contribution in [0.1, 0.15) is 29.5 Å². The number of allylic oxidation sites excluding steroid dienone is 2. The van der Waals surface area contributed by atoms with Crippen molar-refractivity contribution in [1.29, 1.82) is 0 Å². The first-order valence-electron chi connectivity index (χ1n) is 11.3. The summed E-state index contributed by atoms with van der Waals surface area (Å²) in [5, 5.41) is 3.15. The Bertz CT molecular complexity index is 1260. The number of hydrogen-bond donors (Lipinski definition) is 0. The van der Waals surface area contributed by atoms with Gasteiger partial charge < -0.3 is 0 Å². The average Bonchev–Trinajstić information content (AvgIpc) is 3.48. The van der Waals surface area contributed by atoms with E-state index in [0.29, 0.717) is 7.25 Å². The van der Waals surface area contributed by atoms with E-state index < -0.39 is 25.8 Å². The molecule has 2 aliphatic carbocycles. The summed E-state index contributed by atoms with van der Waals surface area (Å²) in [7, 11) is 0. The molecule has 0 amide bonds. The molecule has 0 nitrogen and oxygen atoms in total. The molecule has 0 aliphatic heterocycles. The van der Waals surface area contributed by atoms with Crippen LogP contribution in [0.3, 0.4) is 0 Å². The number of benzene rings is 4. The number of rotatable bonds is 4. The summed E-state index contributed by atoms with van der Waals surface area (Å²) in [6.45, 7) is 0. The van der Waals surface area contributed by atoms with Crippen molar-refractivity contribution in [2.75, 3.05) is 0 Å². The summed E-state index contributed by atoms with van der Waals surface area (Å²) in [6, 6.07) is 41.1. The second-order valence-corrected chi connectivity index (χ2v) is 22.8. The molecular formula is C30H24SiZr. The molecule has 0 fully saturated rings. The van der Waals surface area contributed by atoms with Crippen LogP contribution in [0.25, 0.3) is 12.2 Å². The summed E-state index contributed by atoms with van der Waals surface area (Å²) < 4.78 is 1.20. The fourth-order valence-corrected chi connectivity index (χ4v) is 28.3. The van der Waals surface area contributed by atoms with Gasteiger partial charge in [-0.3, -0.25) is 0 Å². The predicted octanol–water partition coefficient (Wildman–Crippen LogP) is 5.95. The van der Waals surface area contributed by atoms with Gasteiger partial charge in [-0.05, 0) is 0 Å². The molecule has 0 heterocycles. The zero-order valence-electron chi connectivity index (χ0n) is 17.9. The molecule has 0 aromatic heterocycles. The molecule has 0 saturated heterocycles. The van der Waals surface area contributed by atoms with Crippen LogP contribution in [0.15, 0.2) is 121 Å². The monoisotopic (exact) mass is 502 g/mol. The molecule has 4 aromatic rings. The molecule has 2 heteroatoms. The van der Waals surface area contributed by atoms with Gasteiger partial charge in [-0.2, -0.15) is 0 Å². The second-order valence-electron chi connectivity index (χ2n) is 8.49. The van der Waals surface area contributed by atoms with Gasteiger partial charge in [0.05, 0.1) is 0 Å². The maximum absolute atomic E-state index is 2.56. The third-order valence-electron chi connectivity index (χ3n) is 6.68. The zero-order chi connectivity index (χ0) is 21.3. The Balaban J connectivity index is 1.67. The van der Waals surface area contributed by atoms with Crippen LogP contribution in [0.2, 0.25) is 0 Å². The Morgan fingerprint density at radius 3 is 1.34 bits per heavy atom. The summed E-state index contributed by atoms with van der Waals surface area (Å²) >= 11 is -2.26. The quantitative estimate of drug-likeness (QED) is 0.302. The molecule has 2 aliphatic rings. The van der Waals surface area contributed by atoms with E-state index in [1.54, 1.807) is 21.5 Å². The predicted molar refractivity (Wildman–Crippen MR) is 134 cm³/mol. The van der Waals surface area contributed by atoms with Crippen LogP contribution in [0, 0.1) is 0 Å². The van der Waals surface area contributed by atoms with E-state index in [9.17, 15) is 0 Å². The second kappa shape index (κ2) is 8.77. The Kier molecular flexibility index (Phi) is 5.51. The molecule has 0 saturated carbocycles. The molecule has 2 atom stereocenters. The van der Waals surface area contributed by atoms with Crippen molar-refractivity contribution in [2.45, 2.75) is 7.25 Å². The van der Waals surface area contributed by atoms with Gasteiger partial charge in [-0.15, -0.1) is 0 Å². The standard InChI is InChI=1S/C12H10Si.2C9H7.Zr/c1-3-7-11(8-4-1)13-12-9-5-2-6-10-12;2*1-2-5-9-7-3-6-8(9)4-1;/h1-10H;2*1-7H;. The van der Waals surface area contributed by atoms with Crippen molar-refractivity contribution >= 4 is 28.0 Å². The molecule has 4 aromatic carbocycles. The van der Waals surface area contributed by atoms with Crippen molar-refractivity contribution in [3.8, 4) is 0 Å². The van der Waals surface area contributed by atoms with E-state index in [4.69, 9.17) is 0 Å². The van der Waals surface area contributed by atoms with Crippen molar-refractivity contribution in [1.82, 2.24) is 0 Å². The minimum absolute atomic E-state index is 0.601. The Hall–Kier alpha value is -2.54. The van der Waals surface area contributed by atoms with E-state index in [2.05, 4.69) is 133 Å². The average molecular weight is 504 g/mol. The summed E-state index contributed by atoms with van der Waals surface area (Å²) in [5.41, 5.74) is 5.08. The summed E-state index contributed by atoms with van der Waals surface area (Å²) in [4.78, 5) is 0. The Morgan fingerprint density at radius 2 is 0.875 bits per heavy atom. The fourth-order valence-electron chi connectivity index (χ4n) is 5.26. The first-order valence-corrected chi connectivity index (χ1v) is 19.3. The van der Waals surface area contributed by atoms with E-state index in [1.807, 2.05) is 0 Å². The molecule has 0 spiro atoms. The van der Waals surface area contributed by atoms with E-state index in [-0.39, 0.29) is 0 Å². The fraction of sp³-hybridized carbons (Fsp3) is 0.0667. The summed E-state index contributed by atoms with van der Waals surface area (Å²) in [6.07, 6.45) is 9.90. The first kappa shape index (κ1) is 20.1. The van der Waals surface area contributed by atoms with Crippen LogP contribution in [-0.4, -0.2) is 5.43 Å². The molecule has 0 radical (unpaired) electrons. The van der Waals surface area contributed by atoms with E-state index in [1.165, 1.54) is 11.1 Å². The normalized spacial score (nSPS) is 17.8. The van der Waals surface area contributed by atoms with Gasteiger partial charge in [-0.1, -0.05) is 0 Å². The molecule has 32 heavy (non-hydrogen) atoms. The zero-order valence-corrected chi connectivity index (χ0v) is 21.3. The van der Waals surface area contributed by atoms with Crippen molar-refractivity contribution in [2.24, 2.45) is 0 Å². The third-order valence-corrected chi connectivity index (χ3v) is 27.0. The molecule has 6 rings (SSSR count). The maximum atomic E-state index is 2.56. The molecule has 0 N–H and O–H groups in total. The van der Waals surface area contributed by atoms with Crippen LogP contribution < -0.4 is 10.4 Å². The Morgan fingerprint density at radius 1 is 0.469 bits per heavy atom. The van der Waals surface area contributed by atoms with Crippen molar-refractivity contribution < 1.29 is 20.4 Å². The van der Waals surface area contributed by atoms with Gasteiger partial charge in [0.15, 0.2) is 0 Å². The minimum atomic E-state index is -2.26.